The molecule has 104 valence electrons. The fourth-order valence-corrected chi connectivity index (χ4v) is 3.20. The van der Waals surface area contributed by atoms with E-state index in [4.69, 9.17) is 11.0 Å². The molecule has 1 aromatic rings. The highest BCUT2D eigenvalue weighted by Crippen LogP contribution is 2.22. The first kappa shape index (κ1) is 15.6. The lowest BCUT2D eigenvalue weighted by atomic mass is 9.94. The normalized spacial score (nSPS) is 12.4. The number of nitriles is 1. The molecule has 6 heteroatoms. The Hall–Kier alpha value is -1.42. The predicted octanol–water partition coefficient (Wildman–Crippen LogP) is 1.16. The first-order valence-electron chi connectivity index (χ1n) is 5.90. The number of sulfonamides is 1. The largest absolute Gasteiger partial charge is 0.330 e. The number of hydrogen-bond acceptors (Lipinski definition) is 4. The van der Waals surface area contributed by atoms with Crippen LogP contribution >= 0.6 is 0 Å². The summed E-state index contributed by atoms with van der Waals surface area (Å²) in [5.74, 6) is 0. The molecule has 0 saturated carbocycles. The van der Waals surface area contributed by atoms with Gasteiger partial charge in [-0.1, -0.05) is 26.0 Å². The Kier molecular flexibility index (Phi) is 4.69. The molecule has 2 N–H and O–H groups in total. The Morgan fingerprint density at radius 3 is 2.47 bits per heavy atom. The summed E-state index contributed by atoms with van der Waals surface area (Å²) in [7, 11) is -2.17. The summed E-state index contributed by atoms with van der Waals surface area (Å²) in [6.45, 7) is 4.47. The van der Waals surface area contributed by atoms with Crippen molar-refractivity contribution < 1.29 is 8.42 Å². The van der Waals surface area contributed by atoms with Gasteiger partial charge in [-0.05, 0) is 24.1 Å². The molecule has 0 bridgehead atoms. The highest BCUT2D eigenvalue weighted by atomic mass is 32.2. The molecule has 0 aliphatic carbocycles. The molecule has 0 amide bonds. The van der Waals surface area contributed by atoms with Crippen LogP contribution in [0.15, 0.2) is 29.2 Å². The second-order valence-electron chi connectivity index (χ2n) is 5.24. The number of rotatable bonds is 5. The van der Waals surface area contributed by atoms with Crippen LogP contribution in [0.2, 0.25) is 0 Å². The van der Waals surface area contributed by atoms with Crippen LogP contribution < -0.4 is 5.73 Å². The summed E-state index contributed by atoms with van der Waals surface area (Å²) in [4.78, 5) is 0.0350. The summed E-state index contributed by atoms with van der Waals surface area (Å²) in [5.41, 5.74) is 5.46. The molecular formula is C13H19N3O2S. The van der Waals surface area contributed by atoms with Crippen molar-refractivity contribution in [3.8, 4) is 6.07 Å². The van der Waals surface area contributed by atoms with Gasteiger partial charge in [-0.15, -0.1) is 0 Å². The minimum atomic E-state index is -3.67. The van der Waals surface area contributed by atoms with Gasteiger partial charge >= 0.3 is 0 Å². The van der Waals surface area contributed by atoms with Crippen LogP contribution in [0.1, 0.15) is 19.4 Å². The monoisotopic (exact) mass is 281 g/mol. The van der Waals surface area contributed by atoms with Gasteiger partial charge in [0.25, 0.3) is 0 Å². The molecule has 0 aliphatic rings. The van der Waals surface area contributed by atoms with Gasteiger partial charge in [-0.25, -0.2) is 12.7 Å². The van der Waals surface area contributed by atoms with Gasteiger partial charge < -0.3 is 5.73 Å². The third-order valence-corrected chi connectivity index (χ3v) is 4.76. The van der Waals surface area contributed by atoms with Crippen LogP contribution in [0.4, 0.5) is 0 Å². The van der Waals surface area contributed by atoms with E-state index in [2.05, 4.69) is 0 Å². The molecule has 19 heavy (non-hydrogen) atoms. The minimum absolute atomic E-state index is 0.0350. The first-order chi connectivity index (χ1) is 8.74. The van der Waals surface area contributed by atoms with Crippen LogP contribution in [0.25, 0.3) is 0 Å². The van der Waals surface area contributed by atoms with E-state index in [1.807, 2.05) is 19.9 Å². The summed E-state index contributed by atoms with van der Waals surface area (Å²) in [6.07, 6.45) is 0. The van der Waals surface area contributed by atoms with Gasteiger partial charge in [0.2, 0.25) is 10.0 Å². The minimum Gasteiger partial charge on any atom is -0.330 e. The molecule has 0 aromatic heterocycles. The van der Waals surface area contributed by atoms with Crippen molar-refractivity contribution in [3.63, 3.8) is 0 Å². The molecule has 5 nitrogen and oxygen atoms in total. The molecule has 0 unspecified atom stereocenters. The zero-order valence-corrected chi connectivity index (χ0v) is 12.2. The maximum absolute atomic E-state index is 12.4. The quantitative estimate of drug-likeness (QED) is 0.877. The van der Waals surface area contributed by atoms with E-state index in [9.17, 15) is 8.42 Å². The molecule has 0 spiro atoms. The number of benzene rings is 1. The van der Waals surface area contributed by atoms with Crippen LogP contribution in [0.3, 0.4) is 0 Å². The SMILES string of the molecule is CN(CC(C)(C)CN)S(=O)(=O)c1ccccc1C#N. The van der Waals surface area contributed by atoms with Crippen LogP contribution in [0, 0.1) is 16.7 Å². The van der Waals surface area contributed by atoms with Gasteiger partial charge in [0.1, 0.15) is 6.07 Å². The van der Waals surface area contributed by atoms with Gasteiger partial charge in [0.15, 0.2) is 0 Å². The molecule has 1 aromatic carbocycles. The van der Waals surface area contributed by atoms with Crippen molar-refractivity contribution in [1.82, 2.24) is 4.31 Å². The van der Waals surface area contributed by atoms with E-state index in [1.165, 1.54) is 23.5 Å². The lowest BCUT2D eigenvalue weighted by molar-refractivity contribution is 0.292. The van der Waals surface area contributed by atoms with E-state index >= 15 is 0 Å². The summed E-state index contributed by atoms with van der Waals surface area (Å²) in [5, 5.41) is 8.99. The average molecular weight is 281 g/mol. The molecule has 0 radical (unpaired) electrons. The Labute approximate surface area is 114 Å². The Morgan fingerprint density at radius 1 is 1.37 bits per heavy atom. The third-order valence-electron chi connectivity index (χ3n) is 2.90. The first-order valence-corrected chi connectivity index (χ1v) is 7.34. The maximum Gasteiger partial charge on any atom is 0.244 e. The van der Waals surface area contributed by atoms with E-state index in [-0.39, 0.29) is 15.9 Å². The van der Waals surface area contributed by atoms with E-state index < -0.39 is 10.0 Å². The highest BCUT2D eigenvalue weighted by Gasteiger charge is 2.28. The van der Waals surface area contributed by atoms with E-state index in [1.54, 1.807) is 12.1 Å². The predicted molar refractivity (Wildman–Crippen MR) is 73.8 cm³/mol. The lowest BCUT2D eigenvalue weighted by Crippen LogP contribution is -2.39. The molecule has 0 saturated heterocycles. The topological polar surface area (TPSA) is 87.2 Å². The van der Waals surface area contributed by atoms with Crippen molar-refractivity contribution in [1.29, 1.82) is 5.26 Å². The molecular weight excluding hydrogens is 262 g/mol. The second-order valence-corrected chi connectivity index (χ2v) is 7.25. The number of nitrogens with two attached hydrogens (primary N) is 1. The van der Waals surface area contributed by atoms with Crippen LogP contribution in [-0.4, -0.2) is 32.9 Å². The molecule has 0 aliphatic heterocycles. The van der Waals surface area contributed by atoms with Gasteiger partial charge in [0.05, 0.1) is 10.5 Å². The highest BCUT2D eigenvalue weighted by molar-refractivity contribution is 7.89. The van der Waals surface area contributed by atoms with Gasteiger partial charge in [-0.3, -0.25) is 0 Å². The zero-order valence-electron chi connectivity index (χ0n) is 11.4. The molecule has 0 heterocycles. The standard InChI is InChI=1S/C13H19N3O2S/c1-13(2,9-15)10-16(3)19(17,18)12-7-5-4-6-11(12)8-14/h4-7H,9-10,15H2,1-3H3. The number of nitrogens with zero attached hydrogens (tertiary/aromatic N) is 2. The van der Waals surface area contributed by atoms with Crippen molar-refractivity contribution >= 4 is 10.0 Å². The second kappa shape index (κ2) is 5.70. The Balaban J connectivity index is 3.15. The maximum atomic E-state index is 12.4. The van der Waals surface area contributed by atoms with Gasteiger partial charge in [0, 0.05) is 13.6 Å². The Morgan fingerprint density at radius 2 is 1.95 bits per heavy atom. The van der Waals surface area contributed by atoms with E-state index in [0.717, 1.165) is 0 Å². The smallest absolute Gasteiger partial charge is 0.244 e. The van der Waals surface area contributed by atoms with Crippen LogP contribution in [0.5, 0.6) is 0 Å². The Bertz CT molecular complexity index is 588. The fourth-order valence-electron chi connectivity index (χ4n) is 1.70. The molecule has 1 rings (SSSR count). The van der Waals surface area contributed by atoms with Crippen molar-refractivity contribution in [2.24, 2.45) is 11.1 Å². The van der Waals surface area contributed by atoms with Crippen LogP contribution in [-0.2, 0) is 10.0 Å². The van der Waals surface area contributed by atoms with Crippen molar-refractivity contribution in [3.05, 3.63) is 29.8 Å². The van der Waals surface area contributed by atoms with Gasteiger partial charge in [-0.2, -0.15) is 5.26 Å². The average Bonchev–Trinajstić information content (AvgIpc) is 2.38. The third kappa shape index (κ3) is 3.53. The summed E-state index contributed by atoms with van der Waals surface area (Å²) in [6, 6.07) is 8.09. The lowest BCUT2D eigenvalue weighted by Gasteiger charge is -2.28. The molecule has 0 fully saturated rings. The van der Waals surface area contributed by atoms with Crippen molar-refractivity contribution in [2.45, 2.75) is 18.7 Å². The summed E-state index contributed by atoms with van der Waals surface area (Å²) >= 11 is 0. The summed E-state index contributed by atoms with van der Waals surface area (Å²) < 4.78 is 26.1. The fraction of sp³-hybridized carbons (Fsp3) is 0.462. The van der Waals surface area contributed by atoms with E-state index in [0.29, 0.717) is 13.1 Å². The molecule has 0 atom stereocenters. The zero-order chi connectivity index (χ0) is 14.7. The number of hydrogen-bond donors (Lipinski definition) is 1. The van der Waals surface area contributed by atoms with Crippen molar-refractivity contribution in [2.75, 3.05) is 20.1 Å².